The number of carbonyl (C=O) groups is 2. The molecule has 1 aromatic rings. The van der Waals surface area contributed by atoms with E-state index in [4.69, 9.17) is 14.2 Å². The van der Waals surface area contributed by atoms with Crippen molar-refractivity contribution in [1.29, 1.82) is 0 Å². The monoisotopic (exact) mass is 585 g/mol. The number of hydrogen-bond acceptors (Lipinski definition) is 8. The fourth-order valence-electron chi connectivity index (χ4n) is 5.81. The number of nitrogens with zero attached hydrogens (tertiary/aromatic N) is 5. The highest BCUT2D eigenvalue weighted by atomic mass is 16.7. The molecule has 2 aliphatic heterocycles. The van der Waals surface area contributed by atoms with Crippen LogP contribution in [0.2, 0.25) is 0 Å². The van der Waals surface area contributed by atoms with Gasteiger partial charge in [-0.3, -0.25) is 19.5 Å². The summed E-state index contributed by atoms with van der Waals surface area (Å²) in [7, 11) is 5.60. The summed E-state index contributed by atoms with van der Waals surface area (Å²) in [4.78, 5) is 40.8. The Morgan fingerprint density at radius 3 is 2.62 bits per heavy atom. The second-order valence-corrected chi connectivity index (χ2v) is 11.1. The van der Waals surface area contributed by atoms with Gasteiger partial charge in [0.25, 0.3) is 0 Å². The van der Waals surface area contributed by atoms with Crippen LogP contribution in [0.3, 0.4) is 0 Å². The first kappa shape index (κ1) is 33.1. The maximum Gasteiger partial charge on any atom is 0.308 e. The van der Waals surface area contributed by atoms with Crippen LogP contribution in [0.15, 0.2) is 33.9 Å². The molecule has 0 bridgehead atoms. The van der Waals surface area contributed by atoms with E-state index in [1.165, 1.54) is 6.34 Å². The molecule has 2 heterocycles. The summed E-state index contributed by atoms with van der Waals surface area (Å²) in [5.41, 5.74) is 1.58. The number of carbonyl (C=O) groups excluding carboxylic acids is 1. The Hall–Kier alpha value is -3.44. The molecule has 0 spiro atoms. The average molecular weight is 586 g/mol. The van der Waals surface area contributed by atoms with E-state index in [-0.39, 0.29) is 31.2 Å². The van der Waals surface area contributed by atoms with Crippen LogP contribution in [-0.4, -0.2) is 112 Å². The molecule has 0 radical (unpaired) electrons. The third kappa shape index (κ3) is 8.54. The third-order valence-corrected chi connectivity index (χ3v) is 7.98. The molecular formula is C31H47N5O6. The van der Waals surface area contributed by atoms with Crippen LogP contribution in [0.5, 0.6) is 17.2 Å². The van der Waals surface area contributed by atoms with Crippen LogP contribution < -0.4 is 14.2 Å². The Labute approximate surface area is 249 Å². The number of aliphatic carboxylic acids is 1. The molecule has 1 saturated heterocycles. The molecular weight excluding hydrogens is 538 g/mol. The largest absolute Gasteiger partial charge is 0.493 e. The zero-order valence-electron chi connectivity index (χ0n) is 25.8. The van der Waals surface area contributed by atoms with Crippen molar-refractivity contribution in [2.75, 3.05) is 60.7 Å². The average Bonchev–Trinajstić information content (AvgIpc) is 3.59. The zero-order chi connectivity index (χ0) is 30.6. The molecule has 1 amide bonds. The highest BCUT2D eigenvalue weighted by Gasteiger charge is 2.47. The minimum Gasteiger partial charge on any atom is -0.493 e. The number of methoxy groups -OCH3 is 1. The van der Waals surface area contributed by atoms with Crippen molar-refractivity contribution in [3.8, 4) is 17.2 Å². The highest BCUT2D eigenvalue weighted by Crippen LogP contribution is 2.47. The lowest BCUT2D eigenvalue weighted by molar-refractivity contribution is -0.143. The predicted octanol–water partition coefficient (Wildman–Crippen LogP) is 3.89. The van der Waals surface area contributed by atoms with Gasteiger partial charge in [-0.25, -0.2) is 4.99 Å². The number of carboxylic acids is 1. The fourth-order valence-corrected chi connectivity index (χ4v) is 5.81. The van der Waals surface area contributed by atoms with Crippen LogP contribution in [0.25, 0.3) is 0 Å². The molecule has 0 aliphatic carbocycles. The second kappa shape index (κ2) is 16.3. The number of ether oxygens (including phenoxy) is 3. The van der Waals surface area contributed by atoms with Crippen molar-refractivity contribution in [1.82, 2.24) is 14.7 Å². The maximum absolute atomic E-state index is 13.7. The smallest absolute Gasteiger partial charge is 0.308 e. The van der Waals surface area contributed by atoms with Gasteiger partial charge in [-0.1, -0.05) is 19.4 Å². The molecule has 3 atom stereocenters. The minimum absolute atomic E-state index is 0.0281. The van der Waals surface area contributed by atoms with E-state index in [1.807, 2.05) is 44.1 Å². The number of amides is 1. The number of unbranched alkanes of at least 4 members (excludes halogenated alkanes) is 1. The molecule has 232 valence electrons. The van der Waals surface area contributed by atoms with E-state index >= 15 is 0 Å². The number of carboxylic acid groups (broad SMARTS) is 1. The lowest BCUT2D eigenvalue weighted by atomic mass is 9.83. The number of aliphatic imine (C=N–C) groups is 2. The van der Waals surface area contributed by atoms with Crippen molar-refractivity contribution in [3.05, 3.63) is 29.5 Å². The normalized spacial score (nSPS) is 20.4. The molecule has 0 unspecified atom stereocenters. The standard InChI is InChI=1S/C31H47N5O6/c1-7-9-14-35(15-10-13-34(4)5)28(37)19-36-18-24(22-16-26(40-6)30-27(17-22)41-21-42-30)29(31(38)39)25(36)12-11-23(8-2)33-20-32-3/h8,16-17,20,24-25,29H,3,7,9-15,18-19,21H2,1-2,4-6H3,(H,38,39)/b23-8-,33-20?/t24-,25+,29-/m1/s1. The van der Waals surface area contributed by atoms with Crippen molar-refractivity contribution in [2.45, 2.75) is 57.9 Å². The predicted molar refractivity (Wildman–Crippen MR) is 164 cm³/mol. The van der Waals surface area contributed by atoms with Crippen LogP contribution in [0.4, 0.5) is 0 Å². The van der Waals surface area contributed by atoms with E-state index in [2.05, 4.69) is 33.4 Å². The van der Waals surface area contributed by atoms with Gasteiger partial charge in [0, 0.05) is 37.3 Å². The summed E-state index contributed by atoms with van der Waals surface area (Å²) in [6, 6.07) is 3.30. The Bertz CT molecular complexity index is 1140. The summed E-state index contributed by atoms with van der Waals surface area (Å²) in [6.45, 7) is 10.4. The number of fused-ring (bicyclic) bond motifs is 1. The number of hydrogen-bond donors (Lipinski definition) is 1. The fraction of sp³-hybridized carbons (Fsp3) is 0.613. The summed E-state index contributed by atoms with van der Waals surface area (Å²) < 4.78 is 16.8. The second-order valence-electron chi connectivity index (χ2n) is 11.1. The molecule has 0 aromatic heterocycles. The van der Waals surface area contributed by atoms with Gasteiger partial charge in [0.15, 0.2) is 11.5 Å². The first-order chi connectivity index (χ1) is 20.2. The van der Waals surface area contributed by atoms with Gasteiger partial charge in [-0.15, -0.1) is 0 Å². The number of likely N-dealkylation sites (tertiary alicyclic amines) is 1. The number of rotatable bonds is 17. The zero-order valence-corrected chi connectivity index (χ0v) is 25.8. The first-order valence-electron chi connectivity index (χ1n) is 14.7. The molecule has 2 aliphatic rings. The highest BCUT2D eigenvalue weighted by molar-refractivity contribution is 5.79. The van der Waals surface area contributed by atoms with Gasteiger partial charge in [-0.2, -0.15) is 0 Å². The van der Waals surface area contributed by atoms with Gasteiger partial charge in [-0.05, 0) is 77.7 Å². The summed E-state index contributed by atoms with van der Waals surface area (Å²) in [6.07, 6.45) is 7.14. The SMILES string of the molecule is C=NC=N/C(=C\C)CC[C@H]1[C@H](C(=O)O)[C@@H](c2cc(OC)c3c(c2)OCO3)CN1CC(=O)N(CCCC)CCCN(C)C. The van der Waals surface area contributed by atoms with E-state index < -0.39 is 11.9 Å². The molecule has 3 rings (SSSR count). The Morgan fingerprint density at radius 1 is 1.21 bits per heavy atom. The molecule has 11 heteroatoms. The van der Waals surface area contributed by atoms with E-state index in [0.29, 0.717) is 49.7 Å². The van der Waals surface area contributed by atoms with Crippen molar-refractivity contribution in [2.24, 2.45) is 15.9 Å². The van der Waals surface area contributed by atoms with Crippen molar-refractivity contribution >= 4 is 24.9 Å². The lowest BCUT2D eigenvalue weighted by Gasteiger charge is -2.30. The van der Waals surface area contributed by atoms with Crippen LogP contribution >= 0.6 is 0 Å². The quantitative estimate of drug-likeness (QED) is 0.216. The maximum atomic E-state index is 13.7. The first-order valence-corrected chi connectivity index (χ1v) is 14.7. The van der Waals surface area contributed by atoms with Gasteiger partial charge >= 0.3 is 5.97 Å². The van der Waals surface area contributed by atoms with Gasteiger partial charge in [0.2, 0.25) is 18.4 Å². The number of benzene rings is 1. The summed E-state index contributed by atoms with van der Waals surface area (Å²) >= 11 is 0. The van der Waals surface area contributed by atoms with Crippen LogP contribution in [0, 0.1) is 5.92 Å². The van der Waals surface area contributed by atoms with Gasteiger partial charge in [0.05, 0.1) is 19.6 Å². The molecule has 1 fully saturated rings. The Morgan fingerprint density at radius 2 is 1.98 bits per heavy atom. The van der Waals surface area contributed by atoms with Crippen molar-refractivity contribution in [3.63, 3.8) is 0 Å². The Balaban J connectivity index is 1.93. The van der Waals surface area contributed by atoms with Gasteiger partial charge in [0.1, 0.15) is 6.34 Å². The topological polar surface area (TPSA) is 116 Å². The molecule has 42 heavy (non-hydrogen) atoms. The molecule has 11 nitrogen and oxygen atoms in total. The summed E-state index contributed by atoms with van der Waals surface area (Å²) in [5.74, 6) is -0.443. The van der Waals surface area contributed by atoms with E-state index in [1.54, 1.807) is 7.11 Å². The lowest BCUT2D eigenvalue weighted by Crippen LogP contribution is -2.45. The van der Waals surface area contributed by atoms with Gasteiger partial charge < -0.3 is 29.1 Å². The molecule has 1 aromatic carbocycles. The minimum atomic E-state index is -0.899. The van der Waals surface area contributed by atoms with Crippen molar-refractivity contribution < 1.29 is 28.9 Å². The van der Waals surface area contributed by atoms with E-state index in [9.17, 15) is 14.7 Å². The molecule has 1 N–H and O–H groups in total. The van der Waals surface area contributed by atoms with Crippen LogP contribution in [-0.2, 0) is 9.59 Å². The third-order valence-electron chi connectivity index (χ3n) is 7.98. The Kier molecular flexibility index (Phi) is 12.8. The summed E-state index contributed by atoms with van der Waals surface area (Å²) in [5, 5.41) is 10.6. The van der Waals surface area contributed by atoms with E-state index in [0.717, 1.165) is 37.1 Å². The van der Waals surface area contributed by atoms with Crippen LogP contribution in [0.1, 0.15) is 57.4 Å². The molecule has 0 saturated carbocycles. The number of allylic oxidation sites excluding steroid dienone is 2.